The Labute approximate surface area is 107 Å². The van der Waals surface area contributed by atoms with E-state index in [1.807, 2.05) is 30.3 Å². The molecule has 6 heteroatoms. The number of hydrogen-bond acceptors (Lipinski definition) is 4. The van der Waals surface area contributed by atoms with Gasteiger partial charge in [-0.3, -0.25) is 0 Å². The summed E-state index contributed by atoms with van der Waals surface area (Å²) in [5.41, 5.74) is 5.70. The summed E-state index contributed by atoms with van der Waals surface area (Å²) >= 11 is 3.28. The lowest BCUT2D eigenvalue weighted by atomic mass is 9.91. The van der Waals surface area contributed by atoms with Crippen molar-refractivity contribution >= 4 is 15.9 Å². The molecular weight excluding hydrogens is 284 g/mol. The van der Waals surface area contributed by atoms with Crippen molar-refractivity contribution in [2.45, 2.75) is 5.60 Å². The van der Waals surface area contributed by atoms with Gasteiger partial charge in [-0.25, -0.2) is 4.68 Å². The largest absolute Gasteiger partial charge is 0.377 e. The minimum absolute atomic E-state index is 0.0524. The van der Waals surface area contributed by atoms with Crippen molar-refractivity contribution in [1.82, 2.24) is 15.0 Å². The molecule has 1 atom stereocenters. The Kier molecular flexibility index (Phi) is 3.28. The number of halogens is 1. The average Bonchev–Trinajstić information content (AvgIpc) is 2.70. The smallest absolute Gasteiger partial charge is 0.154 e. The number of hydrogen-bond donors (Lipinski definition) is 2. The zero-order chi connectivity index (χ0) is 12.5. The molecule has 3 N–H and O–H groups in total. The molecule has 1 heterocycles. The Morgan fingerprint density at radius 1 is 1.41 bits per heavy atom. The predicted octanol–water partition coefficient (Wildman–Crippen LogP) is 0.772. The molecule has 1 aromatic heterocycles. The average molecular weight is 297 g/mol. The first-order valence-corrected chi connectivity index (χ1v) is 5.92. The summed E-state index contributed by atoms with van der Waals surface area (Å²) in [7, 11) is 1.72. The van der Waals surface area contributed by atoms with Crippen LogP contribution in [0, 0.1) is 0 Å². The van der Waals surface area contributed by atoms with Crippen LogP contribution in [-0.4, -0.2) is 26.6 Å². The molecule has 0 saturated carbocycles. The summed E-state index contributed by atoms with van der Waals surface area (Å²) in [6, 6.07) is 9.25. The maximum absolute atomic E-state index is 10.8. The third-order valence-electron chi connectivity index (χ3n) is 2.72. The molecule has 0 spiro atoms. The van der Waals surface area contributed by atoms with E-state index >= 15 is 0 Å². The quantitative estimate of drug-likeness (QED) is 0.877. The van der Waals surface area contributed by atoms with Gasteiger partial charge in [0.15, 0.2) is 4.60 Å². The van der Waals surface area contributed by atoms with E-state index in [1.54, 1.807) is 7.05 Å². The lowest BCUT2D eigenvalue weighted by Gasteiger charge is -2.27. The van der Waals surface area contributed by atoms with E-state index in [-0.39, 0.29) is 6.54 Å². The Balaban J connectivity index is 2.60. The van der Waals surface area contributed by atoms with E-state index in [4.69, 9.17) is 5.73 Å². The molecule has 2 rings (SSSR count). The van der Waals surface area contributed by atoms with Crippen molar-refractivity contribution in [2.75, 3.05) is 6.54 Å². The molecule has 0 saturated heterocycles. The second kappa shape index (κ2) is 4.56. The summed E-state index contributed by atoms with van der Waals surface area (Å²) in [6.07, 6.45) is 0. The van der Waals surface area contributed by atoms with Crippen molar-refractivity contribution in [1.29, 1.82) is 0 Å². The van der Waals surface area contributed by atoms with Gasteiger partial charge in [-0.15, -0.1) is 5.10 Å². The zero-order valence-electron chi connectivity index (χ0n) is 9.34. The number of aromatic nitrogens is 3. The van der Waals surface area contributed by atoms with Gasteiger partial charge >= 0.3 is 0 Å². The predicted molar refractivity (Wildman–Crippen MR) is 67.2 cm³/mol. The highest BCUT2D eigenvalue weighted by atomic mass is 79.9. The normalized spacial score (nSPS) is 14.6. The Morgan fingerprint density at radius 3 is 2.53 bits per heavy atom. The first-order valence-electron chi connectivity index (χ1n) is 5.13. The van der Waals surface area contributed by atoms with Gasteiger partial charge in [0.25, 0.3) is 0 Å². The molecule has 0 aliphatic heterocycles. The van der Waals surface area contributed by atoms with Gasteiger partial charge in [0.1, 0.15) is 11.3 Å². The number of rotatable bonds is 3. The molecule has 0 aliphatic carbocycles. The fourth-order valence-electron chi connectivity index (χ4n) is 1.84. The van der Waals surface area contributed by atoms with Gasteiger partial charge in [0.2, 0.25) is 0 Å². The molecule has 0 amide bonds. The summed E-state index contributed by atoms with van der Waals surface area (Å²) < 4.78 is 2.01. The molecule has 0 fully saturated rings. The van der Waals surface area contributed by atoms with Gasteiger partial charge in [-0.05, 0) is 21.5 Å². The van der Waals surface area contributed by atoms with Crippen LogP contribution in [0.2, 0.25) is 0 Å². The molecule has 1 unspecified atom stereocenters. The van der Waals surface area contributed by atoms with Gasteiger partial charge in [0.05, 0.1) is 0 Å². The lowest BCUT2D eigenvalue weighted by Crippen LogP contribution is -2.38. The topological polar surface area (TPSA) is 77.0 Å². The SMILES string of the molecule is Cn1nnc(Br)c1C(O)(CN)c1ccccc1. The first-order chi connectivity index (χ1) is 8.09. The number of nitrogens with zero attached hydrogens (tertiary/aromatic N) is 3. The minimum Gasteiger partial charge on any atom is -0.377 e. The number of nitrogens with two attached hydrogens (primary N) is 1. The minimum atomic E-state index is -1.29. The molecule has 2 aromatic rings. The van der Waals surface area contributed by atoms with Gasteiger partial charge in [0, 0.05) is 13.6 Å². The molecule has 0 bridgehead atoms. The van der Waals surface area contributed by atoms with Crippen molar-refractivity contribution in [2.24, 2.45) is 12.8 Å². The molecule has 0 radical (unpaired) electrons. The molecule has 1 aromatic carbocycles. The molecule has 17 heavy (non-hydrogen) atoms. The highest BCUT2D eigenvalue weighted by molar-refractivity contribution is 9.10. The summed E-state index contributed by atoms with van der Waals surface area (Å²) in [5, 5.41) is 18.5. The van der Waals surface area contributed by atoms with Crippen LogP contribution in [0.25, 0.3) is 0 Å². The number of aliphatic hydroxyl groups is 1. The maximum Gasteiger partial charge on any atom is 0.154 e. The van der Waals surface area contributed by atoms with Crippen molar-refractivity contribution in [3.63, 3.8) is 0 Å². The van der Waals surface area contributed by atoms with E-state index in [9.17, 15) is 5.11 Å². The van der Waals surface area contributed by atoms with Crippen molar-refractivity contribution < 1.29 is 5.11 Å². The first kappa shape index (κ1) is 12.2. The number of benzene rings is 1. The van der Waals surface area contributed by atoms with Crippen LogP contribution in [0.3, 0.4) is 0 Å². The van der Waals surface area contributed by atoms with Gasteiger partial charge in [-0.2, -0.15) is 0 Å². The van der Waals surface area contributed by atoms with Crippen LogP contribution in [-0.2, 0) is 12.6 Å². The molecule has 90 valence electrons. The molecular formula is C11H13BrN4O. The molecule has 0 aliphatic rings. The standard InChI is InChI=1S/C11H13BrN4O/c1-16-9(10(12)14-15-16)11(17,7-13)8-5-3-2-4-6-8/h2-6,17H,7,13H2,1H3. The second-order valence-electron chi connectivity index (χ2n) is 3.78. The van der Waals surface area contributed by atoms with Crippen molar-refractivity contribution in [3.05, 3.63) is 46.2 Å². The van der Waals surface area contributed by atoms with Crippen LogP contribution in [0.4, 0.5) is 0 Å². The summed E-state index contributed by atoms with van der Waals surface area (Å²) in [5.74, 6) is 0. The van der Waals surface area contributed by atoms with Crippen LogP contribution in [0.1, 0.15) is 11.3 Å². The lowest BCUT2D eigenvalue weighted by molar-refractivity contribution is 0.0804. The highest BCUT2D eigenvalue weighted by Crippen LogP contribution is 2.31. The third kappa shape index (κ3) is 1.99. The Morgan fingerprint density at radius 2 is 2.06 bits per heavy atom. The Hall–Kier alpha value is -1.24. The monoisotopic (exact) mass is 296 g/mol. The van der Waals surface area contributed by atoms with Gasteiger partial charge in [-0.1, -0.05) is 35.5 Å². The third-order valence-corrected chi connectivity index (χ3v) is 3.26. The highest BCUT2D eigenvalue weighted by Gasteiger charge is 2.35. The van der Waals surface area contributed by atoms with Gasteiger partial charge < -0.3 is 10.8 Å². The zero-order valence-corrected chi connectivity index (χ0v) is 10.9. The van der Waals surface area contributed by atoms with Crippen LogP contribution in [0.5, 0.6) is 0 Å². The van der Waals surface area contributed by atoms with E-state index in [0.29, 0.717) is 15.9 Å². The second-order valence-corrected chi connectivity index (χ2v) is 4.53. The van der Waals surface area contributed by atoms with E-state index in [1.165, 1.54) is 4.68 Å². The van der Waals surface area contributed by atoms with E-state index < -0.39 is 5.60 Å². The number of aryl methyl sites for hydroxylation is 1. The van der Waals surface area contributed by atoms with Crippen LogP contribution in [0.15, 0.2) is 34.9 Å². The van der Waals surface area contributed by atoms with Crippen LogP contribution >= 0.6 is 15.9 Å². The molecule has 5 nitrogen and oxygen atoms in total. The van der Waals surface area contributed by atoms with E-state index in [0.717, 1.165) is 0 Å². The van der Waals surface area contributed by atoms with Crippen molar-refractivity contribution in [3.8, 4) is 0 Å². The summed E-state index contributed by atoms with van der Waals surface area (Å²) in [4.78, 5) is 0. The fourth-order valence-corrected chi connectivity index (χ4v) is 2.49. The fraction of sp³-hybridized carbons (Fsp3) is 0.273. The summed E-state index contributed by atoms with van der Waals surface area (Å²) in [6.45, 7) is 0.0524. The van der Waals surface area contributed by atoms with E-state index in [2.05, 4.69) is 26.2 Å². The maximum atomic E-state index is 10.8. The van der Waals surface area contributed by atoms with Crippen LogP contribution < -0.4 is 5.73 Å². The Bertz CT molecular complexity index is 494.